The summed E-state index contributed by atoms with van der Waals surface area (Å²) in [6.07, 6.45) is -1.71. The average Bonchev–Trinajstić information content (AvgIpc) is 2.76. The van der Waals surface area contributed by atoms with Crippen molar-refractivity contribution < 1.29 is 28.5 Å². The van der Waals surface area contributed by atoms with Crippen LogP contribution in [-0.2, 0) is 28.5 Å². The van der Waals surface area contributed by atoms with Crippen molar-refractivity contribution in [2.75, 3.05) is 26.9 Å². The molecule has 0 aromatic heterocycles. The number of hydrogen-bond donors (Lipinski definition) is 2. The van der Waals surface area contributed by atoms with E-state index < -0.39 is 18.1 Å². The van der Waals surface area contributed by atoms with Crippen molar-refractivity contribution in [1.29, 1.82) is 0 Å². The molecule has 8 heteroatoms. The van der Waals surface area contributed by atoms with E-state index in [0.717, 1.165) is 0 Å². The molecule has 2 aliphatic rings. The lowest BCUT2D eigenvalue weighted by Crippen LogP contribution is -2.63. The number of nitrogens with one attached hydrogen (secondary N) is 1. The summed E-state index contributed by atoms with van der Waals surface area (Å²) < 4.78 is 28.6. The van der Waals surface area contributed by atoms with E-state index in [1.807, 2.05) is 13.8 Å². The summed E-state index contributed by atoms with van der Waals surface area (Å²) in [6, 6.07) is -0.444. The number of nitrogens with two attached hydrogens (primary N) is 1. The lowest BCUT2D eigenvalue weighted by Gasteiger charge is -2.41. The molecule has 0 aliphatic carbocycles. The number of amides is 1. The topological polar surface area (TPSA) is 101 Å². The minimum absolute atomic E-state index is 0.180. The van der Waals surface area contributed by atoms with E-state index >= 15 is 0 Å². The second kappa shape index (κ2) is 7.20. The molecule has 5 atom stereocenters. The van der Waals surface area contributed by atoms with Crippen LogP contribution in [-0.4, -0.2) is 69.2 Å². The molecular weight excluding hydrogens is 292 g/mol. The zero-order valence-electron chi connectivity index (χ0n) is 13.5. The highest BCUT2D eigenvalue weighted by molar-refractivity contribution is 5.73. The van der Waals surface area contributed by atoms with Crippen LogP contribution in [0.5, 0.6) is 0 Å². The first kappa shape index (κ1) is 17.6. The Balaban J connectivity index is 2.15. The molecule has 8 nitrogen and oxygen atoms in total. The zero-order valence-corrected chi connectivity index (χ0v) is 13.5. The molecule has 22 heavy (non-hydrogen) atoms. The maximum atomic E-state index is 11.5. The lowest BCUT2D eigenvalue weighted by molar-refractivity contribution is -0.245. The normalized spacial score (nSPS) is 36.9. The van der Waals surface area contributed by atoms with E-state index in [1.165, 1.54) is 14.0 Å². The maximum absolute atomic E-state index is 11.5. The fourth-order valence-electron chi connectivity index (χ4n) is 2.88. The molecule has 2 fully saturated rings. The van der Waals surface area contributed by atoms with Crippen molar-refractivity contribution in [2.45, 2.75) is 57.2 Å². The number of hydrogen-bond acceptors (Lipinski definition) is 7. The molecule has 2 rings (SSSR count). The van der Waals surface area contributed by atoms with Crippen LogP contribution in [0.2, 0.25) is 0 Å². The maximum Gasteiger partial charge on any atom is 0.217 e. The van der Waals surface area contributed by atoms with Gasteiger partial charge in [-0.1, -0.05) is 0 Å². The van der Waals surface area contributed by atoms with Crippen molar-refractivity contribution in [3.05, 3.63) is 0 Å². The highest BCUT2D eigenvalue weighted by atomic mass is 16.8. The number of rotatable bonds is 6. The van der Waals surface area contributed by atoms with E-state index in [0.29, 0.717) is 19.8 Å². The van der Waals surface area contributed by atoms with Gasteiger partial charge in [0.2, 0.25) is 5.91 Å². The summed E-state index contributed by atoms with van der Waals surface area (Å²) in [5, 5.41) is 2.83. The highest BCUT2D eigenvalue weighted by Gasteiger charge is 2.55. The number of ether oxygens (including phenoxy) is 5. The minimum Gasteiger partial charge on any atom is -0.377 e. The van der Waals surface area contributed by atoms with Crippen LogP contribution in [0.15, 0.2) is 0 Å². The number of carbonyl (C=O) groups is 1. The van der Waals surface area contributed by atoms with Gasteiger partial charge in [-0.05, 0) is 13.8 Å². The van der Waals surface area contributed by atoms with Gasteiger partial charge >= 0.3 is 0 Å². The van der Waals surface area contributed by atoms with Crippen molar-refractivity contribution in [1.82, 2.24) is 5.32 Å². The zero-order chi connectivity index (χ0) is 16.3. The van der Waals surface area contributed by atoms with E-state index in [9.17, 15) is 4.79 Å². The Hall–Kier alpha value is -0.770. The van der Waals surface area contributed by atoms with Crippen molar-refractivity contribution in [3.8, 4) is 0 Å². The Morgan fingerprint density at radius 2 is 2.00 bits per heavy atom. The Morgan fingerprint density at radius 1 is 1.32 bits per heavy atom. The summed E-state index contributed by atoms with van der Waals surface area (Å²) in [6.45, 7) is 6.30. The third kappa shape index (κ3) is 3.95. The summed E-state index contributed by atoms with van der Waals surface area (Å²) in [5.41, 5.74) is 5.43. The lowest BCUT2D eigenvalue weighted by atomic mass is 9.97. The predicted molar refractivity (Wildman–Crippen MR) is 77.0 cm³/mol. The first-order valence-electron chi connectivity index (χ1n) is 7.46. The van der Waals surface area contributed by atoms with Gasteiger partial charge in [-0.3, -0.25) is 4.79 Å². The van der Waals surface area contributed by atoms with E-state index in [-0.39, 0.29) is 24.2 Å². The number of methoxy groups -OCH3 is 1. The Kier molecular flexibility index (Phi) is 5.76. The van der Waals surface area contributed by atoms with Crippen LogP contribution in [0.4, 0.5) is 0 Å². The van der Waals surface area contributed by atoms with Crippen molar-refractivity contribution in [3.63, 3.8) is 0 Å². The van der Waals surface area contributed by atoms with Crippen LogP contribution < -0.4 is 11.1 Å². The van der Waals surface area contributed by atoms with Gasteiger partial charge in [0.25, 0.3) is 0 Å². The van der Waals surface area contributed by atoms with E-state index in [2.05, 4.69) is 5.32 Å². The summed E-state index contributed by atoms with van der Waals surface area (Å²) in [7, 11) is 1.53. The minimum atomic E-state index is -0.760. The number of carbonyl (C=O) groups excluding carboxylic acids is 1. The molecule has 1 amide bonds. The fraction of sp³-hybridized carbons (Fsp3) is 0.929. The standard InChI is InChI=1S/C14H26N2O6/c1-8(17)16-10-12-11(21-14(2,3)22-12)9(7-19-6-5-15)20-13(10)18-4/h9-13H,5-7,15H2,1-4H3,(H,16,17)/t9-,10-,11+,12-,13-/m1/s1. The van der Waals surface area contributed by atoms with Gasteiger partial charge in [0.15, 0.2) is 12.1 Å². The Bertz CT molecular complexity index is 392. The molecular formula is C14H26N2O6. The first-order chi connectivity index (χ1) is 10.4. The third-order valence-electron chi connectivity index (χ3n) is 3.63. The molecule has 0 unspecified atom stereocenters. The van der Waals surface area contributed by atoms with Crippen LogP contribution in [0.1, 0.15) is 20.8 Å². The van der Waals surface area contributed by atoms with Crippen LogP contribution >= 0.6 is 0 Å². The van der Waals surface area contributed by atoms with Crippen LogP contribution in [0, 0.1) is 0 Å². The Morgan fingerprint density at radius 3 is 2.59 bits per heavy atom. The van der Waals surface area contributed by atoms with Gasteiger partial charge in [-0.15, -0.1) is 0 Å². The van der Waals surface area contributed by atoms with Crippen molar-refractivity contribution >= 4 is 5.91 Å². The quantitative estimate of drug-likeness (QED) is 0.628. The number of fused-ring (bicyclic) bond motifs is 1. The molecule has 3 N–H and O–H groups in total. The molecule has 0 aromatic rings. The van der Waals surface area contributed by atoms with Gasteiger partial charge in [-0.25, -0.2) is 0 Å². The van der Waals surface area contributed by atoms with Crippen molar-refractivity contribution in [2.24, 2.45) is 5.73 Å². The van der Waals surface area contributed by atoms with Gasteiger partial charge in [0.05, 0.1) is 13.2 Å². The predicted octanol–water partition coefficient (Wildman–Crippen LogP) is -0.642. The van der Waals surface area contributed by atoms with E-state index in [1.54, 1.807) is 0 Å². The molecule has 2 aliphatic heterocycles. The monoisotopic (exact) mass is 318 g/mol. The van der Waals surface area contributed by atoms with Crippen LogP contribution in [0.3, 0.4) is 0 Å². The second-order valence-electron chi connectivity index (χ2n) is 5.93. The molecule has 128 valence electrons. The second-order valence-corrected chi connectivity index (χ2v) is 5.93. The highest BCUT2D eigenvalue weighted by Crippen LogP contribution is 2.37. The SMILES string of the molecule is CO[C@@H]1O[C@H](COCCN)[C@@H]2OC(C)(C)O[C@@H]2[C@H]1NC(C)=O. The average molecular weight is 318 g/mol. The van der Waals surface area contributed by atoms with Crippen LogP contribution in [0.25, 0.3) is 0 Å². The molecule has 0 bridgehead atoms. The molecule has 0 saturated carbocycles. The van der Waals surface area contributed by atoms with Gasteiger partial charge < -0.3 is 34.7 Å². The summed E-state index contributed by atoms with van der Waals surface area (Å²) in [4.78, 5) is 11.5. The first-order valence-corrected chi connectivity index (χ1v) is 7.46. The molecule has 0 radical (unpaired) electrons. The van der Waals surface area contributed by atoms with Gasteiger partial charge in [-0.2, -0.15) is 0 Å². The summed E-state index contributed by atoms with van der Waals surface area (Å²) >= 11 is 0. The van der Waals surface area contributed by atoms with Gasteiger partial charge in [0, 0.05) is 20.6 Å². The Labute approximate surface area is 130 Å². The van der Waals surface area contributed by atoms with E-state index in [4.69, 9.17) is 29.4 Å². The smallest absolute Gasteiger partial charge is 0.217 e. The fourth-order valence-corrected chi connectivity index (χ4v) is 2.88. The molecule has 0 spiro atoms. The third-order valence-corrected chi connectivity index (χ3v) is 3.63. The molecule has 2 saturated heterocycles. The molecule has 0 aromatic carbocycles. The largest absolute Gasteiger partial charge is 0.377 e. The molecule has 2 heterocycles. The van der Waals surface area contributed by atoms with Gasteiger partial charge in [0.1, 0.15) is 24.4 Å². The summed E-state index contributed by atoms with van der Waals surface area (Å²) in [5.74, 6) is -0.940.